The number of benzene rings is 1. The third-order valence-electron chi connectivity index (χ3n) is 6.08. The summed E-state index contributed by atoms with van der Waals surface area (Å²) in [6.45, 7) is 2.67. The molecular formula is C27H31N3O3S. The number of pyridine rings is 1. The number of hydrogen-bond donors (Lipinski definition) is 1. The fraction of sp³-hybridized carbons (Fsp3) is 0.370. The number of nitrogens with zero attached hydrogens (tertiary/aromatic N) is 2. The summed E-state index contributed by atoms with van der Waals surface area (Å²) in [4.78, 5) is 34.4. The molecule has 0 bridgehead atoms. The minimum absolute atomic E-state index is 0.107. The van der Waals surface area contributed by atoms with Crippen molar-refractivity contribution >= 4 is 23.2 Å². The lowest BCUT2D eigenvalue weighted by Crippen LogP contribution is -2.46. The summed E-state index contributed by atoms with van der Waals surface area (Å²) in [6.07, 6.45) is 7.85. The molecule has 1 aliphatic carbocycles. The topological polar surface area (TPSA) is 71.5 Å². The lowest BCUT2D eigenvalue weighted by atomic mass is 10.0. The zero-order valence-electron chi connectivity index (χ0n) is 19.5. The molecule has 34 heavy (non-hydrogen) atoms. The van der Waals surface area contributed by atoms with Gasteiger partial charge in [0.1, 0.15) is 11.8 Å². The third kappa shape index (κ3) is 6.03. The van der Waals surface area contributed by atoms with E-state index in [2.05, 4.69) is 10.3 Å². The average molecular weight is 478 g/mol. The highest BCUT2D eigenvalue weighted by Gasteiger charge is 2.35. The summed E-state index contributed by atoms with van der Waals surface area (Å²) in [5.74, 6) is 0.350. The molecule has 2 amide bonds. The molecule has 2 aromatic heterocycles. The second kappa shape index (κ2) is 11.8. The molecule has 0 spiro atoms. The van der Waals surface area contributed by atoms with E-state index in [1.807, 2.05) is 60.8 Å². The summed E-state index contributed by atoms with van der Waals surface area (Å²) in [7, 11) is 0. The van der Waals surface area contributed by atoms with Crippen LogP contribution in [0.5, 0.6) is 5.75 Å². The summed E-state index contributed by atoms with van der Waals surface area (Å²) in [5, 5.41) is 5.19. The second-order valence-corrected chi connectivity index (χ2v) is 9.53. The van der Waals surface area contributed by atoms with E-state index in [1.54, 1.807) is 28.6 Å². The Kier molecular flexibility index (Phi) is 8.31. The van der Waals surface area contributed by atoms with Crippen molar-refractivity contribution in [3.8, 4) is 5.75 Å². The van der Waals surface area contributed by atoms with Crippen LogP contribution in [0.25, 0.3) is 0 Å². The van der Waals surface area contributed by atoms with Gasteiger partial charge < -0.3 is 15.0 Å². The maximum atomic E-state index is 13.8. The first-order valence-corrected chi connectivity index (χ1v) is 12.8. The van der Waals surface area contributed by atoms with Gasteiger partial charge in [-0.05, 0) is 48.9 Å². The molecule has 0 saturated heterocycles. The highest BCUT2D eigenvalue weighted by molar-refractivity contribution is 7.10. The largest absolute Gasteiger partial charge is 0.494 e. The van der Waals surface area contributed by atoms with Gasteiger partial charge in [-0.2, -0.15) is 0 Å². The fourth-order valence-corrected chi connectivity index (χ4v) is 5.17. The van der Waals surface area contributed by atoms with Gasteiger partial charge in [0, 0.05) is 35.4 Å². The molecule has 2 heterocycles. The van der Waals surface area contributed by atoms with E-state index in [-0.39, 0.29) is 30.8 Å². The van der Waals surface area contributed by atoms with Crippen molar-refractivity contribution in [1.29, 1.82) is 0 Å². The van der Waals surface area contributed by atoms with Crippen LogP contribution in [-0.4, -0.2) is 34.3 Å². The standard InChI is InChI=1S/C27H31N3O3S/c1-2-33-24-14-6-5-13-23(24)26(27(32)29-21-10-3-4-11-21)30(19-20-9-7-15-28-18-20)25(31)17-22-12-8-16-34-22/h5-9,12-16,18,21,26H,2-4,10-11,17,19H2,1H3,(H,29,32)/t26-/m0/s1. The van der Waals surface area contributed by atoms with Gasteiger partial charge in [0.15, 0.2) is 0 Å². The van der Waals surface area contributed by atoms with Gasteiger partial charge in [-0.3, -0.25) is 14.6 Å². The van der Waals surface area contributed by atoms with Crippen LogP contribution in [0.3, 0.4) is 0 Å². The molecule has 1 atom stereocenters. The van der Waals surface area contributed by atoms with E-state index in [4.69, 9.17) is 4.74 Å². The van der Waals surface area contributed by atoms with E-state index in [0.29, 0.717) is 17.9 Å². The Bertz CT molecular complexity index is 1070. The van der Waals surface area contributed by atoms with Crippen molar-refractivity contribution in [2.24, 2.45) is 0 Å². The van der Waals surface area contributed by atoms with E-state index >= 15 is 0 Å². The van der Waals surface area contributed by atoms with Crippen LogP contribution in [0, 0.1) is 0 Å². The Morgan fingerprint density at radius 2 is 1.97 bits per heavy atom. The van der Waals surface area contributed by atoms with Gasteiger partial charge in [-0.1, -0.05) is 43.2 Å². The van der Waals surface area contributed by atoms with Gasteiger partial charge in [0.05, 0.1) is 13.0 Å². The van der Waals surface area contributed by atoms with E-state index < -0.39 is 6.04 Å². The van der Waals surface area contributed by atoms with Gasteiger partial charge in [-0.25, -0.2) is 0 Å². The Morgan fingerprint density at radius 1 is 1.15 bits per heavy atom. The molecule has 3 aromatic rings. The van der Waals surface area contributed by atoms with Gasteiger partial charge in [-0.15, -0.1) is 11.3 Å². The third-order valence-corrected chi connectivity index (χ3v) is 6.95. The first-order chi connectivity index (χ1) is 16.7. The van der Waals surface area contributed by atoms with Crippen LogP contribution in [0.2, 0.25) is 0 Å². The molecule has 0 aliphatic heterocycles. The molecule has 1 N–H and O–H groups in total. The predicted molar refractivity (Wildman–Crippen MR) is 134 cm³/mol. The number of carbonyl (C=O) groups is 2. The summed E-state index contributed by atoms with van der Waals surface area (Å²) in [6, 6.07) is 14.5. The molecule has 0 radical (unpaired) electrons. The Morgan fingerprint density at radius 3 is 2.68 bits per heavy atom. The van der Waals surface area contributed by atoms with Crippen LogP contribution in [0.15, 0.2) is 66.3 Å². The van der Waals surface area contributed by atoms with Crippen molar-refractivity contribution < 1.29 is 14.3 Å². The minimum atomic E-state index is -0.809. The summed E-state index contributed by atoms with van der Waals surface area (Å²) in [5.41, 5.74) is 1.57. The Hall–Kier alpha value is -3.19. The number of ether oxygens (including phenoxy) is 1. The predicted octanol–water partition coefficient (Wildman–Crippen LogP) is 4.91. The molecular weight excluding hydrogens is 446 g/mol. The van der Waals surface area contributed by atoms with Gasteiger partial charge in [0.2, 0.25) is 11.8 Å². The first kappa shape index (κ1) is 24.0. The van der Waals surface area contributed by atoms with Gasteiger partial charge >= 0.3 is 0 Å². The molecule has 1 aromatic carbocycles. The molecule has 1 saturated carbocycles. The quantitative estimate of drug-likeness (QED) is 0.450. The summed E-state index contributed by atoms with van der Waals surface area (Å²) >= 11 is 1.54. The zero-order chi connectivity index (χ0) is 23.8. The number of nitrogens with one attached hydrogen (secondary N) is 1. The molecule has 178 valence electrons. The van der Waals surface area contributed by atoms with Crippen LogP contribution >= 0.6 is 11.3 Å². The number of amides is 2. The van der Waals surface area contributed by atoms with E-state index in [9.17, 15) is 9.59 Å². The van der Waals surface area contributed by atoms with Crippen LogP contribution in [0.4, 0.5) is 0 Å². The van der Waals surface area contributed by atoms with E-state index in [0.717, 1.165) is 36.1 Å². The maximum Gasteiger partial charge on any atom is 0.247 e. The number of hydrogen-bond acceptors (Lipinski definition) is 5. The molecule has 0 unspecified atom stereocenters. The normalized spacial score (nSPS) is 14.5. The second-order valence-electron chi connectivity index (χ2n) is 8.50. The molecule has 1 aliphatic rings. The lowest BCUT2D eigenvalue weighted by molar-refractivity contribution is -0.141. The molecule has 6 nitrogen and oxygen atoms in total. The average Bonchev–Trinajstić information content (AvgIpc) is 3.55. The van der Waals surface area contributed by atoms with Gasteiger partial charge in [0.25, 0.3) is 0 Å². The van der Waals surface area contributed by atoms with Crippen LogP contribution in [0.1, 0.15) is 54.7 Å². The Labute approximate surface area is 205 Å². The number of rotatable bonds is 10. The number of para-hydroxylation sites is 1. The monoisotopic (exact) mass is 477 g/mol. The zero-order valence-corrected chi connectivity index (χ0v) is 20.3. The SMILES string of the molecule is CCOc1ccccc1[C@@H](C(=O)NC1CCCC1)N(Cc1cccnc1)C(=O)Cc1cccs1. The van der Waals surface area contributed by atoms with E-state index in [1.165, 1.54) is 0 Å². The van der Waals surface area contributed by atoms with Crippen molar-refractivity contribution in [2.75, 3.05) is 6.61 Å². The highest BCUT2D eigenvalue weighted by Crippen LogP contribution is 2.33. The van der Waals surface area contributed by atoms with Crippen molar-refractivity contribution in [3.05, 3.63) is 82.3 Å². The summed E-state index contributed by atoms with van der Waals surface area (Å²) < 4.78 is 5.90. The first-order valence-electron chi connectivity index (χ1n) is 11.9. The molecule has 1 fully saturated rings. The fourth-order valence-electron chi connectivity index (χ4n) is 4.47. The smallest absolute Gasteiger partial charge is 0.247 e. The number of carbonyl (C=O) groups excluding carboxylic acids is 2. The van der Waals surface area contributed by atoms with Crippen LogP contribution < -0.4 is 10.1 Å². The lowest BCUT2D eigenvalue weighted by Gasteiger charge is -2.33. The highest BCUT2D eigenvalue weighted by atomic mass is 32.1. The van der Waals surface area contributed by atoms with Crippen molar-refractivity contribution in [2.45, 2.75) is 57.7 Å². The number of thiophene rings is 1. The van der Waals surface area contributed by atoms with Crippen molar-refractivity contribution in [1.82, 2.24) is 15.2 Å². The minimum Gasteiger partial charge on any atom is -0.494 e. The molecule has 4 rings (SSSR count). The number of aromatic nitrogens is 1. The maximum absolute atomic E-state index is 13.8. The molecule has 7 heteroatoms. The van der Waals surface area contributed by atoms with Crippen molar-refractivity contribution in [3.63, 3.8) is 0 Å². The Balaban J connectivity index is 1.73. The van der Waals surface area contributed by atoms with Crippen LogP contribution in [-0.2, 0) is 22.6 Å².